The molecule has 0 aromatic heterocycles. The van der Waals surface area contributed by atoms with E-state index in [4.69, 9.17) is 4.74 Å². The number of rotatable bonds is 9. The molecule has 1 heterocycles. The highest BCUT2D eigenvalue weighted by atomic mass is 32.2. The number of carbonyl (C=O) groups is 1. The minimum Gasteiger partial charge on any atom is -0.374 e. The smallest absolute Gasteiger partial charge is 0.251 e. The number of hydrogen-bond donors (Lipinski definition) is 1. The van der Waals surface area contributed by atoms with Crippen LogP contribution >= 0.6 is 0 Å². The normalized spacial score (nSPS) is 18.6. The SMILES string of the molecule is CCN(CC)S(=O)(=O)c1cccc(C(=O)NC[C@H]2CN(CC(C)C)CCO2)c1. The van der Waals surface area contributed by atoms with E-state index < -0.39 is 10.0 Å². The van der Waals surface area contributed by atoms with Crippen molar-refractivity contribution in [3.8, 4) is 0 Å². The molecule has 1 aromatic carbocycles. The van der Waals surface area contributed by atoms with Crippen molar-refractivity contribution < 1.29 is 17.9 Å². The number of benzene rings is 1. The molecule has 0 radical (unpaired) electrons. The number of ether oxygens (including phenoxy) is 1. The molecular weight excluding hydrogens is 378 g/mol. The van der Waals surface area contributed by atoms with Gasteiger partial charge in [-0.3, -0.25) is 9.69 Å². The Morgan fingerprint density at radius 3 is 2.68 bits per heavy atom. The number of sulfonamides is 1. The first kappa shape index (κ1) is 22.8. The molecule has 1 aromatic rings. The van der Waals surface area contributed by atoms with Crippen LogP contribution in [-0.2, 0) is 14.8 Å². The van der Waals surface area contributed by atoms with E-state index in [0.29, 0.717) is 37.7 Å². The van der Waals surface area contributed by atoms with E-state index in [1.807, 2.05) is 0 Å². The Bertz CT molecular complexity index is 748. The summed E-state index contributed by atoms with van der Waals surface area (Å²) in [5.74, 6) is 0.296. The summed E-state index contributed by atoms with van der Waals surface area (Å²) in [7, 11) is -3.59. The van der Waals surface area contributed by atoms with Crippen LogP contribution in [0.25, 0.3) is 0 Å². The number of carbonyl (C=O) groups excluding carboxylic acids is 1. The van der Waals surface area contributed by atoms with Crippen molar-refractivity contribution in [3.05, 3.63) is 29.8 Å². The van der Waals surface area contributed by atoms with Gasteiger partial charge in [-0.25, -0.2) is 8.42 Å². The fourth-order valence-corrected chi connectivity index (χ4v) is 4.91. The van der Waals surface area contributed by atoms with Crippen LogP contribution in [0, 0.1) is 5.92 Å². The lowest BCUT2D eigenvalue weighted by Crippen LogP contribution is -2.48. The van der Waals surface area contributed by atoms with Crippen LogP contribution in [0.3, 0.4) is 0 Å². The minimum atomic E-state index is -3.59. The Hall–Kier alpha value is -1.48. The number of nitrogens with zero attached hydrogens (tertiary/aromatic N) is 2. The summed E-state index contributed by atoms with van der Waals surface area (Å²) in [5.41, 5.74) is 0.336. The van der Waals surface area contributed by atoms with E-state index in [2.05, 4.69) is 24.1 Å². The van der Waals surface area contributed by atoms with E-state index in [-0.39, 0.29) is 16.9 Å². The summed E-state index contributed by atoms with van der Waals surface area (Å²) in [6, 6.07) is 6.20. The Labute approximate surface area is 169 Å². The molecule has 0 spiro atoms. The van der Waals surface area contributed by atoms with Gasteiger partial charge < -0.3 is 10.1 Å². The van der Waals surface area contributed by atoms with E-state index in [1.165, 1.54) is 16.4 Å². The average molecular weight is 412 g/mol. The third kappa shape index (κ3) is 6.01. The van der Waals surface area contributed by atoms with Crippen LogP contribution in [0.1, 0.15) is 38.1 Å². The van der Waals surface area contributed by atoms with Gasteiger partial charge in [0.15, 0.2) is 0 Å². The van der Waals surface area contributed by atoms with Crippen molar-refractivity contribution in [2.45, 2.75) is 38.7 Å². The quantitative estimate of drug-likeness (QED) is 0.670. The molecule has 1 fully saturated rings. The molecular formula is C20H33N3O4S. The van der Waals surface area contributed by atoms with Crippen LogP contribution in [0.15, 0.2) is 29.2 Å². The zero-order chi connectivity index (χ0) is 20.7. The van der Waals surface area contributed by atoms with Crippen LogP contribution in [0.2, 0.25) is 0 Å². The zero-order valence-electron chi connectivity index (χ0n) is 17.3. The van der Waals surface area contributed by atoms with Gasteiger partial charge in [0.1, 0.15) is 0 Å². The van der Waals surface area contributed by atoms with E-state index in [0.717, 1.165) is 19.6 Å². The Morgan fingerprint density at radius 2 is 2.04 bits per heavy atom. The topological polar surface area (TPSA) is 79.0 Å². The molecule has 1 saturated heterocycles. The minimum absolute atomic E-state index is 0.0564. The second-order valence-electron chi connectivity index (χ2n) is 7.47. The largest absolute Gasteiger partial charge is 0.374 e. The monoisotopic (exact) mass is 411 g/mol. The second-order valence-corrected chi connectivity index (χ2v) is 9.41. The molecule has 1 atom stereocenters. The highest BCUT2D eigenvalue weighted by Crippen LogP contribution is 2.17. The molecule has 28 heavy (non-hydrogen) atoms. The third-order valence-corrected chi connectivity index (χ3v) is 6.82. The lowest BCUT2D eigenvalue weighted by molar-refractivity contribution is -0.0295. The molecule has 0 bridgehead atoms. The van der Waals surface area contributed by atoms with E-state index in [9.17, 15) is 13.2 Å². The predicted molar refractivity (Wildman–Crippen MR) is 110 cm³/mol. The zero-order valence-corrected chi connectivity index (χ0v) is 18.2. The number of hydrogen-bond acceptors (Lipinski definition) is 5. The maximum atomic E-state index is 12.7. The van der Waals surface area contributed by atoms with Gasteiger partial charge in [-0.15, -0.1) is 0 Å². The van der Waals surface area contributed by atoms with Crippen molar-refractivity contribution in [3.63, 3.8) is 0 Å². The number of nitrogens with one attached hydrogen (secondary N) is 1. The van der Waals surface area contributed by atoms with Gasteiger partial charge in [0.2, 0.25) is 10.0 Å². The fraction of sp³-hybridized carbons (Fsp3) is 0.650. The molecule has 158 valence electrons. The average Bonchev–Trinajstić information content (AvgIpc) is 2.66. The maximum absolute atomic E-state index is 12.7. The first-order valence-corrected chi connectivity index (χ1v) is 11.4. The van der Waals surface area contributed by atoms with Crippen LogP contribution in [0.5, 0.6) is 0 Å². The molecule has 1 N–H and O–H groups in total. The van der Waals surface area contributed by atoms with Crippen LogP contribution in [0.4, 0.5) is 0 Å². The summed E-state index contributed by atoms with van der Waals surface area (Å²) in [5, 5.41) is 2.88. The summed E-state index contributed by atoms with van der Waals surface area (Å²) >= 11 is 0. The first-order valence-electron chi connectivity index (χ1n) is 10.00. The highest BCUT2D eigenvalue weighted by molar-refractivity contribution is 7.89. The Morgan fingerprint density at radius 1 is 1.32 bits per heavy atom. The van der Waals surface area contributed by atoms with Crippen molar-refractivity contribution >= 4 is 15.9 Å². The summed E-state index contributed by atoms with van der Waals surface area (Å²) in [6.07, 6.45) is -0.0564. The second kappa shape index (κ2) is 10.3. The van der Waals surface area contributed by atoms with Gasteiger partial charge in [0.05, 0.1) is 17.6 Å². The molecule has 0 unspecified atom stereocenters. The van der Waals surface area contributed by atoms with Crippen molar-refractivity contribution in [2.24, 2.45) is 5.92 Å². The third-order valence-electron chi connectivity index (χ3n) is 4.78. The van der Waals surface area contributed by atoms with Gasteiger partial charge in [-0.2, -0.15) is 4.31 Å². The predicted octanol–water partition coefficient (Wildman–Crippen LogP) is 1.80. The molecule has 1 aliphatic rings. The lowest BCUT2D eigenvalue weighted by Gasteiger charge is -2.33. The summed E-state index contributed by atoms with van der Waals surface area (Å²) in [4.78, 5) is 15.0. The molecule has 7 nitrogen and oxygen atoms in total. The van der Waals surface area contributed by atoms with Crippen LogP contribution < -0.4 is 5.32 Å². The maximum Gasteiger partial charge on any atom is 0.251 e. The summed E-state index contributed by atoms with van der Waals surface area (Å²) in [6.45, 7) is 12.5. The Kier molecular flexibility index (Phi) is 8.42. The molecule has 1 aliphatic heterocycles. The standard InChI is InChI=1S/C20H33N3O4S/c1-5-23(6-2)28(25,26)19-9-7-8-17(12-19)20(24)21-13-18-15-22(10-11-27-18)14-16(3)4/h7-9,12,16,18H,5-6,10-11,13-15H2,1-4H3,(H,21,24)/t18-/m0/s1. The molecule has 0 aliphatic carbocycles. The lowest BCUT2D eigenvalue weighted by atomic mass is 10.1. The van der Waals surface area contributed by atoms with Crippen molar-refractivity contribution in [1.29, 1.82) is 0 Å². The van der Waals surface area contributed by atoms with E-state index >= 15 is 0 Å². The number of morpholine rings is 1. The molecule has 1 amide bonds. The highest BCUT2D eigenvalue weighted by Gasteiger charge is 2.24. The van der Waals surface area contributed by atoms with E-state index in [1.54, 1.807) is 26.0 Å². The number of amides is 1. The molecule has 2 rings (SSSR count). The van der Waals surface area contributed by atoms with Gasteiger partial charge in [0.25, 0.3) is 5.91 Å². The van der Waals surface area contributed by atoms with Crippen molar-refractivity contribution in [2.75, 3.05) is 45.9 Å². The fourth-order valence-electron chi connectivity index (χ4n) is 3.41. The first-order chi connectivity index (χ1) is 13.3. The Balaban J connectivity index is 2.00. The van der Waals surface area contributed by atoms with Crippen LogP contribution in [-0.4, -0.2) is 75.5 Å². The summed E-state index contributed by atoms with van der Waals surface area (Å²) < 4.78 is 32.5. The molecule has 8 heteroatoms. The van der Waals surface area contributed by atoms with Crippen molar-refractivity contribution in [1.82, 2.24) is 14.5 Å². The molecule has 0 saturated carbocycles. The van der Waals surface area contributed by atoms with Gasteiger partial charge in [-0.05, 0) is 24.1 Å². The van der Waals surface area contributed by atoms with Gasteiger partial charge in [-0.1, -0.05) is 33.8 Å². The van der Waals surface area contributed by atoms with Gasteiger partial charge >= 0.3 is 0 Å². The van der Waals surface area contributed by atoms with Gasteiger partial charge in [0, 0.05) is 44.8 Å².